The molecule has 0 aliphatic heterocycles. The SMILES string of the molecule is Cc1noc(NS(=O)(=O)c2ccsc2/C=C/c2ccccc2)c1Br. The van der Waals surface area contributed by atoms with Gasteiger partial charge in [0.25, 0.3) is 15.9 Å². The number of sulfonamides is 1. The minimum absolute atomic E-state index is 0.0664. The lowest BCUT2D eigenvalue weighted by atomic mass is 10.2. The maximum absolute atomic E-state index is 12.6. The van der Waals surface area contributed by atoms with E-state index in [4.69, 9.17) is 4.52 Å². The third kappa shape index (κ3) is 3.61. The molecular formula is C16H13BrN2O3S2. The van der Waals surface area contributed by atoms with E-state index in [1.54, 1.807) is 24.4 Å². The number of hydrogen-bond acceptors (Lipinski definition) is 5. The van der Waals surface area contributed by atoms with Crippen molar-refractivity contribution in [1.29, 1.82) is 0 Å². The van der Waals surface area contributed by atoms with Gasteiger partial charge in [0.2, 0.25) is 0 Å². The Labute approximate surface area is 152 Å². The van der Waals surface area contributed by atoms with Gasteiger partial charge >= 0.3 is 0 Å². The van der Waals surface area contributed by atoms with Crippen LogP contribution in [0.3, 0.4) is 0 Å². The first kappa shape index (κ1) is 16.9. The highest BCUT2D eigenvalue weighted by molar-refractivity contribution is 9.10. The van der Waals surface area contributed by atoms with Crippen molar-refractivity contribution in [2.75, 3.05) is 4.72 Å². The first-order valence-corrected chi connectivity index (χ1v) is 10.1. The quantitative estimate of drug-likeness (QED) is 0.639. The van der Waals surface area contributed by atoms with Gasteiger partial charge in [0.15, 0.2) is 0 Å². The zero-order chi connectivity index (χ0) is 17.2. The zero-order valence-corrected chi connectivity index (χ0v) is 15.8. The van der Waals surface area contributed by atoms with Crippen molar-refractivity contribution in [2.45, 2.75) is 11.8 Å². The van der Waals surface area contributed by atoms with E-state index >= 15 is 0 Å². The summed E-state index contributed by atoms with van der Waals surface area (Å²) < 4.78 is 33.1. The molecule has 5 nitrogen and oxygen atoms in total. The van der Waals surface area contributed by atoms with Crippen molar-refractivity contribution < 1.29 is 12.9 Å². The molecule has 0 spiro atoms. The molecule has 0 aliphatic carbocycles. The number of benzene rings is 1. The van der Waals surface area contributed by atoms with Gasteiger partial charge in [0, 0.05) is 4.88 Å². The zero-order valence-electron chi connectivity index (χ0n) is 12.6. The van der Waals surface area contributed by atoms with E-state index in [2.05, 4.69) is 25.8 Å². The molecule has 1 aromatic carbocycles. The molecule has 8 heteroatoms. The first-order chi connectivity index (χ1) is 11.5. The normalized spacial score (nSPS) is 11.9. The predicted octanol–water partition coefficient (Wildman–Crippen LogP) is 4.78. The van der Waals surface area contributed by atoms with Gasteiger partial charge in [0.05, 0.1) is 5.69 Å². The molecule has 2 aromatic heterocycles. The van der Waals surface area contributed by atoms with Gasteiger partial charge in [-0.15, -0.1) is 11.3 Å². The molecule has 0 fully saturated rings. The maximum atomic E-state index is 12.6. The van der Waals surface area contributed by atoms with Crippen molar-refractivity contribution in [3.8, 4) is 0 Å². The van der Waals surface area contributed by atoms with Crippen LogP contribution in [0.15, 0.2) is 55.7 Å². The van der Waals surface area contributed by atoms with Crippen LogP contribution >= 0.6 is 27.3 Å². The van der Waals surface area contributed by atoms with Gasteiger partial charge < -0.3 is 4.52 Å². The van der Waals surface area contributed by atoms with E-state index in [1.807, 2.05) is 36.4 Å². The van der Waals surface area contributed by atoms with Crippen molar-refractivity contribution in [1.82, 2.24) is 5.16 Å². The summed E-state index contributed by atoms with van der Waals surface area (Å²) in [5, 5.41) is 5.46. The van der Waals surface area contributed by atoms with Crippen molar-refractivity contribution >= 4 is 55.3 Å². The third-order valence-corrected chi connectivity index (χ3v) is 6.53. The largest absolute Gasteiger partial charge is 0.336 e. The number of halogens is 1. The average molecular weight is 425 g/mol. The molecule has 0 amide bonds. The summed E-state index contributed by atoms with van der Waals surface area (Å²) >= 11 is 4.60. The molecule has 0 bridgehead atoms. The Hall–Kier alpha value is -1.90. The summed E-state index contributed by atoms with van der Waals surface area (Å²) in [5.74, 6) is 0.0664. The minimum atomic E-state index is -3.77. The Morgan fingerprint density at radius 2 is 1.96 bits per heavy atom. The van der Waals surface area contributed by atoms with Crippen LogP contribution < -0.4 is 4.72 Å². The molecule has 0 unspecified atom stereocenters. The molecular weight excluding hydrogens is 412 g/mol. The first-order valence-electron chi connectivity index (χ1n) is 6.92. The number of rotatable bonds is 5. The second-order valence-corrected chi connectivity index (χ2v) is 8.30. The third-order valence-electron chi connectivity index (χ3n) is 3.19. The lowest BCUT2D eigenvalue weighted by Crippen LogP contribution is -2.12. The van der Waals surface area contributed by atoms with E-state index in [0.29, 0.717) is 15.0 Å². The number of aromatic nitrogens is 1. The summed E-state index contributed by atoms with van der Waals surface area (Å²) in [4.78, 5) is 0.833. The van der Waals surface area contributed by atoms with Crippen LogP contribution in [-0.2, 0) is 10.0 Å². The molecule has 3 rings (SSSR count). The Morgan fingerprint density at radius 3 is 2.62 bits per heavy atom. The Kier molecular flexibility index (Phi) is 4.88. The van der Waals surface area contributed by atoms with Crippen molar-refractivity contribution in [3.05, 3.63) is 62.4 Å². The van der Waals surface area contributed by atoms with Crippen LogP contribution in [-0.4, -0.2) is 13.6 Å². The van der Waals surface area contributed by atoms with E-state index in [9.17, 15) is 8.42 Å². The van der Waals surface area contributed by atoms with Crippen LogP contribution in [0.2, 0.25) is 0 Å². The summed E-state index contributed by atoms with van der Waals surface area (Å²) in [6.45, 7) is 1.71. The minimum Gasteiger partial charge on any atom is -0.336 e. The van der Waals surface area contributed by atoms with Crippen LogP contribution in [0.5, 0.6) is 0 Å². The van der Waals surface area contributed by atoms with Crippen LogP contribution in [0, 0.1) is 6.92 Å². The monoisotopic (exact) mass is 424 g/mol. The van der Waals surface area contributed by atoms with Crippen molar-refractivity contribution in [2.24, 2.45) is 0 Å². The number of anilines is 1. The van der Waals surface area contributed by atoms with Gasteiger partial charge in [-0.2, -0.15) is 0 Å². The van der Waals surface area contributed by atoms with Crippen LogP contribution in [0.1, 0.15) is 16.1 Å². The number of nitrogens with zero attached hydrogens (tertiary/aromatic N) is 1. The summed E-state index contributed by atoms with van der Waals surface area (Å²) in [6, 6.07) is 11.2. The molecule has 0 saturated carbocycles. The van der Waals surface area contributed by atoms with Gasteiger partial charge in [-0.05, 0) is 45.9 Å². The Balaban J connectivity index is 1.89. The van der Waals surface area contributed by atoms with E-state index in [0.717, 1.165) is 5.56 Å². The highest BCUT2D eigenvalue weighted by Crippen LogP contribution is 2.30. The molecule has 3 aromatic rings. The maximum Gasteiger partial charge on any atom is 0.265 e. The highest BCUT2D eigenvalue weighted by Gasteiger charge is 2.22. The lowest BCUT2D eigenvalue weighted by Gasteiger charge is -2.04. The molecule has 0 saturated heterocycles. The number of nitrogens with one attached hydrogen (secondary N) is 1. The fraction of sp³-hybridized carbons (Fsp3) is 0.0625. The van der Waals surface area contributed by atoms with Gasteiger partial charge in [-0.1, -0.05) is 41.6 Å². The predicted molar refractivity (Wildman–Crippen MR) is 99.4 cm³/mol. The molecule has 2 heterocycles. The smallest absolute Gasteiger partial charge is 0.265 e. The van der Waals surface area contributed by atoms with Crippen molar-refractivity contribution in [3.63, 3.8) is 0 Å². The molecule has 124 valence electrons. The summed E-state index contributed by atoms with van der Waals surface area (Å²) in [5.41, 5.74) is 1.57. The Bertz CT molecular complexity index is 976. The van der Waals surface area contributed by atoms with Crippen LogP contribution in [0.25, 0.3) is 12.2 Å². The van der Waals surface area contributed by atoms with Gasteiger partial charge in [-0.3, -0.25) is 0 Å². The average Bonchev–Trinajstić information content (AvgIpc) is 3.16. The molecule has 0 radical (unpaired) electrons. The summed E-state index contributed by atoms with van der Waals surface area (Å²) in [7, 11) is -3.77. The highest BCUT2D eigenvalue weighted by atomic mass is 79.9. The standard InChI is InChI=1S/C16H13BrN2O3S2/c1-11-15(17)16(22-18-11)19-24(20,21)14-9-10-23-13(14)8-7-12-5-3-2-4-6-12/h2-10,19H,1H3/b8-7+. The molecule has 0 aliphatic rings. The van der Waals surface area contributed by atoms with E-state index in [1.165, 1.54) is 11.3 Å². The number of hydrogen-bond donors (Lipinski definition) is 1. The second kappa shape index (κ2) is 6.92. The Morgan fingerprint density at radius 1 is 1.21 bits per heavy atom. The molecule has 1 N–H and O–H groups in total. The second-order valence-electron chi connectivity index (χ2n) is 4.91. The lowest BCUT2D eigenvalue weighted by molar-refractivity contribution is 0.430. The van der Waals surface area contributed by atoms with Gasteiger partial charge in [0.1, 0.15) is 9.37 Å². The molecule has 24 heavy (non-hydrogen) atoms. The van der Waals surface area contributed by atoms with E-state index in [-0.39, 0.29) is 10.8 Å². The van der Waals surface area contributed by atoms with E-state index < -0.39 is 10.0 Å². The number of aryl methyl sites for hydroxylation is 1. The fourth-order valence-corrected chi connectivity index (χ4v) is 4.68. The summed E-state index contributed by atoms with van der Waals surface area (Å²) in [6.07, 6.45) is 3.66. The topological polar surface area (TPSA) is 72.2 Å². The fourth-order valence-electron chi connectivity index (χ4n) is 1.99. The van der Waals surface area contributed by atoms with Crippen LogP contribution in [0.4, 0.5) is 5.88 Å². The number of thiophene rings is 1. The molecule has 0 atom stereocenters. The van der Waals surface area contributed by atoms with Gasteiger partial charge in [-0.25, -0.2) is 13.1 Å².